The van der Waals surface area contributed by atoms with E-state index in [0.29, 0.717) is 18.9 Å². The molecule has 88 valence electrons. The lowest BCUT2D eigenvalue weighted by atomic mass is 10.0. The van der Waals surface area contributed by atoms with Crippen molar-refractivity contribution in [3.05, 3.63) is 29.8 Å². The lowest BCUT2D eigenvalue weighted by Gasteiger charge is -2.08. The number of rotatable bonds is 6. The van der Waals surface area contributed by atoms with Gasteiger partial charge in [0.25, 0.3) is 0 Å². The Morgan fingerprint density at radius 2 is 1.94 bits per heavy atom. The second kappa shape index (κ2) is 6.16. The highest BCUT2D eigenvalue weighted by Gasteiger charge is 1.99. The van der Waals surface area contributed by atoms with E-state index in [1.54, 1.807) is 0 Å². The number of hydrogen-bond acceptors (Lipinski definition) is 2. The van der Waals surface area contributed by atoms with Gasteiger partial charge in [-0.3, -0.25) is 5.41 Å². The summed E-state index contributed by atoms with van der Waals surface area (Å²) in [6.07, 6.45) is 1.39. The molecule has 16 heavy (non-hydrogen) atoms. The predicted molar refractivity (Wildman–Crippen MR) is 67.2 cm³/mol. The van der Waals surface area contributed by atoms with Crippen molar-refractivity contribution in [2.24, 2.45) is 5.73 Å². The summed E-state index contributed by atoms with van der Waals surface area (Å²) >= 11 is 0. The minimum absolute atomic E-state index is 0.221. The third kappa shape index (κ3) is 4.34. The molecule has 3 heteroatoms. The standard InChI is InChI=1S/C13H20N2O/c1-10(2)11-5-7-12(8-6-11)16-9-3-4-13(14)15/h5-8,10H,3-4,9H2,1-2H3,(H3,14,15). The minimum atomic E-state index is 0.221. The van der Waals surface area contributed by atoms with Crippen LogP contribution in [0.4, 0.5) is 0 Å². The number of benzene rings is 1. The maximum Gasteiger partial charge on any atom is 0.119 e. The molecule has 0 aromatic heterocycles. The van der Waals surface area contributed by atoms with Crippen LogP contribution in [-0.2, 0) is 0 Å². The van der Waals surface area contributed by atoms with Crippen LogP contribution in [0.3, 0.4) is 0 Å². The molecule has 0 unspecified atom stereocenters. The van der Waals surface area contributed by atoms with Gasteiger partial charge in [0.05, 0.1) is 12.4 Å². The van der Waals surface area contributed by atoms with Gasteiger partial charge in [0.15, 0.2) is 0 Å². The van der Waals surface area contributed by atoms with Crippen LogP contribution in [0.2, 0.25) is 0 Å². The van der Waals surface area contributed by atoms with Crippen LogP contribution in [-0.4, -0.2) is 12.4 Å². The summed E-state index contributed by atoms with van der Waals surface area (Å²) in [6, 6.07) is 8.15. The predicted octanol–water partition coefficient (Wildman–Crippen LogP) is 2.90. The van der Waals surface area contributed by atoms with E-state index >= 15 is 0 Å². The summed E-state index contributed by atoms with van der Waals surface area (Å²) in [5.74, 6) is 1.65. The second-order valence-electron chi connectivity index (χ2n) is 4.20. The fourth-order valence-corrected chi connectivity index (χ4v) is 1.40. The molecule has 1 rings (SSSR count). The van der Waals surface area contributed by atoms with Gasteiger partial charge in [-0.25, -0.2) is 0 Å². The van der Waals surface area contributed by atoms with E-state index in [1.807, 2.05) is 12.1 Å². The Labute approximate surface area is 97.1 Å². The highest BCUT2D eigenvalue weighted by Crippen LogP contribution is 2.18. The smallest absolute Gasteiger partial charge is 0.119 e. The maximum absolute atomic E-state index is 7.07. The number of nitrogens with two attached hydrogens (primary N) is 1. The van der Waals surface area contributed by atoms with Gasteiger partial charge in [-0.15, -0.1) is 0 Å². The van der Waals surface area contributed by atoms with Gasteiger partial charge >= 0.3 is 0 Å². The molecule has 0 atom stereocenters. The molecule has 3 nitrogen and oxygen atoms in total. The van der Waals surface area contributed by atoms with Crippen molar-refractivity contribution in [2.45, 2.75) is 32.6 Å². The molecule has 0 aliphatic carbocycles. The van der Waals surface area contributed by atoms with E-state index in [9.17, 15) is 0 Å². The zero-order chi connectivity index (χ0) is 12.0. The first-order valence-corrected chi connectivity index (χ1v) is 5.65. The Hall–Kier alpha value is -1.51. The van der Waals surface area contributed by atoms with Gasteiger partial charge < -0.3 is 10.5 Å². The number of amidine groups is 1. The van der Waals surface area contributed by atoms with Gasteiger partial charge in [-0.1, -0.05) is 26.0 Å². The van der Waals surface area contributed by atoms with Crippen molar-refractivity contribution in [3.63, 3.8) is 0 Å². The van der Waals surface area contributed by atoms with E-state index in [0.717, 1.165) is 12.2 Å². The van der Waals surface area contributed by atoms with Crippen LogP contribution < -0.4 is 10.5 Å². The van der Waals surface area contributed by atoms with Crippen LogP contribution in [0.15, 0.2) is 24.3 Å². The first kappa shape index (κ1) is 12.6. The average molecular weight is 220 g/mol. The van der Waals surface area contributed by atoms with E-state index in [-0.39, 0.29) is 5.84 Å². The summed E-state index contributed by atoms with van der Waals surface area (Å²) in [4.78, 5) is 0. The Morgan fingerprint density at radius 3 is 2.44 bits per heavy atom. The van der Waals surface area contributed by atoms with Crippen molar-refractivity contribution >= 4 is 5.84 Å². The second-order valence-corrected chi connectivity index (χ2v) is 4.20. The first-order valence-electron chi connectivity index (χ1n) is 5.65. The molecule has 0 bridgehead atoms. The Balaban J connectivity index is 2.35. The van der Waals surface area contributed by atoms with Crippen LogP contribution in [0.5, 0.6) is 5.75 Å². The molecular formula is C13H20N2O. The van der Waals surface area contributed by atoms with Crippen LogP contribution in [0, 0.1) is 5.41 Å². The highest BCUT2D eigenvalue weighted by molar-refractivity contribution is 5.76. The molecule has 3 N–H and O–H groups in total. The van der Waals surface area contributed by atoms with Crippen molar-refractivity contribution in [1.82, 2.24) is 0 Å². The van der Waals surface area contributed by atoms with Gasteiger partial charge in [0, 0.05) is 6.42 Å². The minimum Gasteiger partial charge on any atom is -0.494 e. The fraction of sp³-hybridized carbons (Fsp3) is 0.462. The molecular weight excluding hydrogens is 200 g/mol. The van der Waals surface area contributed by atoms with Crippen LogP contribution >= 0.6 is 0 Å². The Morgan fingerprint density at radius 1 is 1.31 bits per heavy atom. The van der Waals surface area contributed by atoms with Gasteiger partial charge in [-0.2, -0.15) is 0 Å². The number of nitrogens with one attached hydrogen (secondary N) is 1. The maximum atomic E-state index is 7.07. The molecule has 0 saturated carbocycles. The highest BCUT2D eigenvalue weighted by atomic mass is 16.5. The van der Waals surface area contributed by atoms with E-state index in [1.165, 1.54) is 5.56 Å². The monoisotopic (exact) mass is 220 g/mol. The number of ether oxygens (including phenoxy) is 1. The van der Waals surface area contributed by atoms with E-state index < -0.39 is 0 Å². The van der Waals surface area contributed by atoms with Crippen molar-refractivity contribution in [2.75, 3.05) is 6.61 Å². The topological polar surface area (TPSA) is 59.1 Å². The normalized spacial score (nSPS) is 10.4. The molecule has 0 saturated heterocycles. The van der Waals surface area contributed by atoms with Gasteiger partial charge in [0.2, 0.25) is 0 Å². The third-order valence-corrected chi connectivity index (χ3v) is 2.41. The van der Waals surface area contributed by atoms with Crippen molar-refractivity contribution in [1.29, 1.82) is 5.41 Å². The average Bonchev–Trinajstić information content (AvgIpc) is 2.25. The van der Waals surface area contributed by atoms with E-state index in [4.69, 9.17) is 15.9 Å². The quantitative estimate of drug-likeness (QED) is 0.440. The zero-order valence-corrected chi connectivity index (χ0v) is 9.99. The van der Waals surface area contributed by atoms with E-state index in [2.05, 4.69) is 26.0 Å². The molecule has 0 amide bonds. The SMILES string of the molecule is CC(C)c1ccc(OCCCC(=N)N)cc1. The summed E-state index contributed by atoms with van der Waals surface area (Å²) in [7, 11) is 0. The molecule has 0 aliphatic heterocycles. The number of hydrogen-bond donors (Lipinski definition) is 2. The Kier molecular flexibility index (Phi) is 4.83. The third-order valence-electron chi connectivity index (χ3n) is 2.41. The first-order chi connectivity index (χ1) is 7.59. The lowest BCUT2D eigenvalue weighted by Crippen LogP contribution is -2.10. The molecule has 0 spiro atoms. The molecule has 0 fully saturated rings. The van der Waals surface area contributed by atoms with Gasteiger partial charge in [0.1, 0.15) is 5.75 Å². The van der Waals surface area contributed by atoms with Crippen molar-refractivity contribution < 1.29 is 4.74 Å². The lowest BCUT2D eigenvalue weighted by molar-refractivity contribution is 0.313. The molecule has 0 radical (unpaired) electrons. The molecule has 1 aromatic rings. The summed E-state index contributed by atoms with van der Waals surface area (Å²) in [5, 5.41) is 7.07. The molecule has 0 heterocycles. The fourth-order valence-electron chi connectivity index (χ4n) is 1.40. The summed E-state index contributed by atoms with van der Waals surface area (Å²) in [5.41, 5.74) is 6.57. The van der Waals surface area contributed by atoms with Crippen LogP contribution in [0.1, 0.15) is 38.2 Å². The Bertz CT molecular complexity index is 330. The summed E-state index contributed by atoms with van der Waals surface area (Å²) in [6.45, 7) is 4.95. The zero-order valence-electron chi connectivity index (χ0n) is 9.99. The summed E-state index contributed by atoms with van der Waals surface area (Å²) < 4.78 is 5.54. The van der Waals surface area contributed by atoms with Gasteiger partial charge in [-0.05, 0) is 30.0 Å². The van der Waals surface area contributed by atoms with Crippen molar-refractivity contribution in [3.8, 4) is 5.75 Å². The molecule has 0 aliphatic rings. The molecule has 1 aromatic carbocycles. The van der Waals surface area contributed by atoms with Crippen LogP contribution in [0.25, 0.3) is 0 Å². The largest absolute Gasteiger partial charge is 0.494 e.